The van der Waals surface area contributed by atoms with E-state index in [0.29, 0.717) is 0 Å². The van der Waals surface area contributed by atoms with Gasteiger partial charge in [-0.25, -0.2) is 0 Å². The van der Waals surface area contributed by atoms with Crippen molar-refractivity contribution in [1.82, 2.24) is 14.9 Å². The summed E-state index contributed by atoms with van der Waals surface area (Å²) in [6.07, 6.45) is 6.12. The minimum atomic E-state index is 0.815. The topological polar surface area (TPSA) is 56.4 Å². The van der Waals surface area contributed by atoms with E-state index in [1.807, 2.05) is 6.20 Å². The van der Waals surface area contributed by atoms with Crippen molar-refractivity contribution in [1.29, 1.82) is 0 Å². The third-order valence-electron chi connectivity index (χ3n) is 6.74. The fourth-order valence-electron chi connectivity index (χ4n) is 4.84. The molecular formula is C27H29N5O. The van der Waals surface area contributed by atoms with Crippen LogP contribution in [0.4, 0.5) is 17.1 Å². The SMILES string of the molecule is CN1CCN(c2cccc(Nc3cnc4c(-c5ccc6c(c5)CCCO6)c[nH]c4c3)c2)CC1. The molecule has 2 aromatic heterocycles. The number of rotatable bonds is 4. The van der Waals surface area contributed by atoms with Crippen molar-refractivity contribution in [3.8, 4) is 16.9 Å². The van der Waals surface area contributed by atoms with Crippen LogP contribution in [0.5, 0.6) is 5.75 Å². The number of ether oxygens (including phenoxy) is 1. The molecule has 0 radical (unpaired) electrons. The molecule has 2 aromatic carbocycles. The third-order valence-corrected chi connectivity index (χ3v) is 6.74. The van der Waals surface area contributed by atoms with Crippen LogP contribution in [0.1, 0.15) is 12.0 Å². The van der Waals surface area contributed by atoms with E-state index in [2.05, 4.69) is 81.9 Å². The molecule has 1 fully saturated rings. The van der Waals surface area contributed by atoms with E-state index < -0.39 is 0 Å². The molecule has 0 bridgehead atoms. The highest BCUT2D eigenvalue weighted by Gasteiger charge is 2.16. The highest BCUT2D eigenvalue weighted by molar-refractivity contribution is 5.94. The first-order valence-corrected chi connectivity index (χ1v) is 11.8. The van der Waals surface area contributed by atoms with E-state index in [-0.39, 0.29) is 0 Å². The molecule has 1 saturated heterocycles. The summed E-state index contributed by atoms with van der Waals surface area (Å²) < 4.78 is 5.77. The molecule has 2 aliphatic heterocycles. The van der Waals surface area contributed by atoms with Crippen molar-refractivity contribution < 1.29 is 4.74 Å². The molecule has 2 N–H and O–H groups in total. The van der Waals surface area contributed by atoms with Crippen LogP contribution in [-0.4, -0.2) is 54.7 Å². The van der Waals surface area contributed by atoms with Gasteiger partial charge in [-0.15, -0.1) is 0 Å². The maximum absolute atomic E-state index is 5.77. The second-order valence-corrected chi connectivity index (χ2v) is 9.06. The maximum Gasteiger partial charge on any atom is 0.122 e. The predicted octanol–water partition coefficient (Wildman–Crippen LogP) is 5.05. The van der Waals surface area contributed by atoms with Gasteiger partial charge >= 0.3 is 0 Å². The van der Waals surface area contributed by atoms with Crippen LogP contribution in [0, 0.1) is 0 Å². The van der Waals surface area contributed by atoms with E-state index in [1.54, 1.807) is 0 Å². The van der Waals surface area contributed by atoms with Crippen LogP contribution in [0.15, 0.2) is 60.9 Å². The normalized spacial score (nSPS) is 16.5. The highest BCUT2D eigenvalue weighted by atomic mass is 16.5. The molecule has 33 heavy (non-hydrogen) atoms. The van der Waals surface area contributed by atoms with Crippen LogP contribution in [-0.2, 0) is 6.42 Å². The zero-order valence-electron chi connectivity index (χ0n) is 19.0. The molecule has 4 heterocycles. The first-order chi connectivity index (χ1) is 16.2. The van der Waals surface area contributed by atoms with Gasteiger partial charge < -0.3 is 24.8 Å². The van der Waals surface area contributed by atoms with Gasteiger partial charge in [0.15, 0.2) is 0 Å². The summed E-state index contributed by atoms with van der Waals surface area (Å²) in [4.78, 5) is 13.0. The van der Waals surface area contributed by atoms with Crippen LogP contribution >= 0.6 is 0 Å². The molecule has 4 aromatic rings. The minimum absolute atomic E-state index is 0.815. The number of aryl methyl sites for hydroxylation is 1. The standard InChI is InChI=1S/C27H29N5O/c1-31-9-11-32(12-10-31)23-6-2-5-21(15-23)30-22-16-25-27(29-17-22)24(18-28-25)19-7-8-26-20(14-19)4-3-13-33-26/h2,5-8,14-18,28,30H,3-4,9-13H2,1H3. The molecule has 0 atom stereocenters. The molecular weight excluding hydrogens is 410 g/mol. The number of anilines is 3. The summed E-state index contributed by atoms with van der Waals surface area (Å²) in [7, 11) is 2.19. The Morgan fingerprint density at radius 1 is 1.00 bits per heavy atom. The number of piperazine rings is 1. The summed E-state index contributed by atoms with van der Waals surface area (Å²) in [5, 5.41) is 3.54. The van der Waals surface area contributed by atoms with Crippen LogP contribution in [0.3, 0.4) is 0 Å². The van der Waals surface area contributed by atoms with Crippen LogP contribution in [0.25, 0.3) is 22.2 Å². The van der Waals surface area contributed by atoms with Crippen molar-refractivity contribution in [2.75, 3.05) is 50.1 Å². The molecule has 0 amide bonds. The minimum Gasteiger partial charge on any atom is -0.493 e. The third kappa shape index (κ3) is 4.02. The van der Waals surface area contributed by atoms with E-state index in [9.17, 15) is 0 Å². The smallest absolute Gasteiger partial charge is 0.122 e. The largest absolute Gasteiger partial charge is 0.493 e. The lowest BCUT2D eigenvalue weighted by atomic mass is 10.00. The Labute approximate surface area is 194 Å². The molecule has 2 aliphatic rings. The van der Waals surface area contributed by atoms with Crippen molar-refractivity contribution >= 4 is 28.1 Å². The van der Waals surface area contributed by atoms with Gasteiger partial charge in [0, 0.05) is 49.3 Å². The van der Waals surface area contributed by atoms with E-state index in [4.69, 9.17) is 9.72 Å². The Hall–Kier alpha value is -3.51. The monoisotopic (exact) mass is 439 g/mol. The van der Waals surface area contributed by atoms with Gasteiger partial charge in [0.25, 0.3) is 0 Å². The Kier molecular flexibility index (Phi) is 5.15. The van der Waals surface area contributed by atoms with Crippen LogP contribution in [0.2, 0.25) is 0 Å². The zero-order valence-corrected chi connectivity index (χ0v) is 19.0. The summed E-state index contributed by atoms with van der Waals surface area (Å²) in [5.41, 5.74) is 8.93. The molecule has 0 saturated carbocycles. The number of aromatic amines is 1. The summed E-state index contributed by atoms with van der Waals surface area (Å²) >= 11 is 0. The van der Waals surface area contributed by atoms with Gasteiger partial charge in [-0.3, -0.25) is 4.98 Å². The first-order valence-electron chi connectivity index (χ1n) is 11.8. The van der Waals surface area contributed by atoms with Crippen molar-refractivity contribution in [2.45, 2.75) is 12.8 Å². The number of hydrogen-bond acceptors (Lipinski definition) is 5. The van der Waals surface area contributed by atoms with Crippen molar-refractivity contribution in [2.24, 2.45) is 0 Å². The lowest BCUT2D eigenvalue weighted by Crippen LogP contribution is -2.44. The number of pyridine rings is 1. The lowest BCUT2D eigenvalue weighted by molar-refractivity contribution is 0.288. The number of hydrogen-bond donors (Lipinski definition) is 2. The number of fused-ring (bicyclic) bond motifs is 2. The van der Waals surface area contributed by atoms with Crippen molar-refractivity contribution in [3.05, 3.63) is 66.5 Å². The van der Waals surface area contributed by atoms with Gasteiger partial charge in [-0.2, -0.15) is 0 Å². The molecule has 0 aliphatic carbocycles. The summed E-state index contributed by atoms with van der Waals surface area (Å²) in [6, 6.07) is 17.2. The summed E-state index contributed by atoms with van der Waals surface area (Å²) in [6.45, 7) is 5.14. The van der Waals surface area contributed by atoms with E-state index in [1.165, 1.54) is 16.8 Å². The number of likely N-dealkylation sites (N-methyl/N-ethyl adjacent to an activating group) is 1. The Bertz CT molecular complexity index is 1290. The van der Waals surface area contributed by atoms with E-state index in [0.717, 1.165) is 79.3 Å². The highest BCUT2D eigenvalue weighted by Crippen LogP contribution is 2.34. The van der Waals surface area contributed by atoms with Crippen LogP contribution < -0.4 is 15.0 Å². The zero-order chi connectivity index (χ0) is 22.2. The van der Waals surface area contributed by atoms with Crippen molar-refractivity contribution in [3.63, 3.8) is 0 Å². The lowest BCUT2D eigenvalue weighted by Gasteiger charge is -2.34. The molecule has 0 unspecified atom stereocenters. The molecule has 6 heteroatoms. The molecule has 168 valence electrons. The predicted molar refractivity (Wildman–Crippen MR) is 135 cm³/mol. The van der Waals surface area contributed by atoms with E-state index >= 15 is 0 Å². The number of nitrogens with one attached hydrogen (secondary N) is 2. The molecule has 6 rings (SSSR count). The molecule has 0 spiro atoms. The Morgan fingerprint density at radius 2 is 1.91 bits per heavy atom. The second-order valence-electron chi connectivity index (χ2n) is 9.06. The Morgan fingerprint density at radius 3 is 2.82 bits per heavy atom. The van der Waals surface area contributed by atoms with Gasteiger partial charge in [0.05, 0.1) is 29.5 Å². The van der Waals surface area contributed by atoms with Gasteiger partial charge in [0.1, 0.15) is 5.75 Å². The summed E-state index contributed by atoms with van der Waals surface area (Å²) in [5.74, 6) is 1.02. The first kappa shape index (κ1) is 20.1. The average Bonchev–Trinajstić information content (AvgIpc) is 3.28. The van der Waals surface area contributed by atoms with Gasteiger partial charge in [-0.1, -0.05) is 12.1 Å². The number of nitrogens with zero attached hydrogens (tertiary/aromatic N) is 3. The fourth-order valence-corrected chi connectivity index (χ4v) is 4.84. The van der Waals surface area contributed by atoms with Gasteiger partial charge in [0.2, 0.25) is 0 Å². The number of H-pyrrole nitrogens is 1. The van der Waals surface area contributed by atoms with Gasteiger partial charge in [-0.05, 0) is 67.4 Å². The maximum atomic E-state index is 5.77. The fraction of sp³-hybridized carbons (Fsp3) is 0.296. The number of benzene rings is 2. The Balaban J connectivity index is 1.24. The number of aromatic nitrogens is 2. The quantitative estimate of drug-likeness (QED) is 0.466. The molecule has 6 nitrogen and oxygen atoms in total. The average molecular weight is 440 g/mol. The second kappa shape index (κ2) is 8.45.